The summed E-state index contributed by atoms with van der Waals surface area (Å²) in [6, 6.07) is 0. The molecule has 30 heavy (non-hydrogen) atoms. The van der Waals surface area contributed by atoms with E-state index in [1.807, 2.05) is 13.8 Å². The van der Waals surface area contributed by atoms with E-state index in [1.165, 1.54) is 12.8 Å². The van der Waals surface area contributed by atoms with Gasteiger partial charge >= 0.3 is 5.97 Å². The van der Waals surface area contributed by atoms with Crippen molar-refractivity contribution in [1.29, 1.82) is 0 Å². The van der Waals surface area contributed by atoms with Gasteiger partial charge in [0.1, 0.15) is 0 Å². The van der Waals surface area contributed by atoms with E-state index in [-0.39, 0.29) is 17.8 Å². The number of carbonyl (C=O) groups is 1. The molecule has 4 saturated heterocycles. The Labute approximate surface area is 185 Å². The third-order valence-corrected chi connectivity index (χ3v) is 8.17. The SMILES string of the molecule is C[C@@H]1CCC2[C@]34OO[C@](C)(CC[C@@H]13)O[C@@H]4O[C@]2(C)C(=O)OCCCCCCCCCl. The highest BCUT2D eigenvalue weighted by Crippen LogP contribution is 2.63. The maximum atomic E-state index is 13.2. The third kappa shape index (κ3) is 3.81. The molecule has 5 aliphatic rings. The molecule has 7 atom stereocenters. The fraction of sp³-hybridized carbons (Fsp3) is 0.957. The largest absolute Gasteiger partial charge is 0.464 e. The molecule has 0 N–H and O–H groups in total. The molecule has 7 heteroatoms. The molecule has 5 rings (SSSR count). The van der Waals surface area contributed by atoms with Crippen LogP contribution in [-0.4, -0.2) is 41.7 Å². The number of halogens is 1. The van der Waals surface area contributed by atoms with Crippen LogP contribution in [0.25, 0.3) is 0 Å². The summed E-state index contributed by atoms with van der Waals surface area (Å²) in [5.74, 6) is 0.186. The van der Waals surface area contributed by atoms with E-state index in [1.54, 1.807) is 0 Å². The van der Waals surface area contributed by atoms with E-state index in [0.717, 1.165) is 57.2 Å². The zero-order valence-corrected chi connectivity index (χ0v) is 19.4. The molecule has 1 spiro atoms. The summed E-state index contributed by atoms with van der Waals surface area (Å²) in [5, 5.41) is 0. The molecule has 2 bridgehead atoms. The first-order chi connectivity index (χ1) is 14.4. The van der Waals surface area contributed by atoms with Crippen molar-refractivity contribution in [3.63, 3.8) is 0 Å². The van der Waals surface area contributed by atoms with Crippen molar-refractivity contribution in [3.05, 3.63) is 0 Å². The molecule has 1 unspecified atom stereocenters. The lowest BCUT2D eigenvalue weighted by Gasteiger charge is -2.50. The Balaban J connectivity index is 1.39. The predicted molar refractivity (Wildman–Crippen MR) is 112 cm³/mol. The molecule has 4 aliphatic heterocycles. The fourth-order valence-electron chi connectivity index (χ4n) is 6.11. The molecular weight excluding hydrogens is 408 g/mol. The number of esters is 1. The van der Waals surface area contributed by atoms with Gasteiger partial charge in [-0.15, -0.1) is 11.6 Å². The van der Waals surface area contributed by atoms with Crippen molar-refractivity contribution >= 4 is 17.6 Å². The van der Waals surface area contributed by atoms with Crippen LogP contribution in [0.2, 0.25) is 0 Å². The molecule has 0 amide bonds. The molecule has 1 aliphatic carbocycles. The van der Waals surface area contributed by atoms with Crippen molar-refractivity contribution in [3.8, 4) is 0 Å². The van der Waals surface area contributed by atoms with Crippen molar-refractivity contribution < 1.29 is 28.8 Å². The summed E-state index contributed by atoms with van der Waals surface area (Å²) >= 11 is 5.71. The van der Waals surface area contributed by atoms with Gasteiger partial charge in [-0.25, -0.2) is 14.6 Å². The Bertz CT molecular complexity index is 631. The van der Waals surface area contributed by atoms with E-state index in [4.69, 9.17) is 35.6 Å². The Morgan fingerprint density at radius 3 is 2.50 bits per heavy atom. The van der Waals surface area contributed by atoms with Crippen LogP contribution in [0.5, 0.6) is 0 Å². The van der Waals surface area contributed by atoms with Crippen LogP contribution in [-0.2, 0) is 28.8 Å². The van der Waals surface area contributed by atoms with Crippen LogP contribution >= 0.6 is 11.6 Å². The van der Waals surface area contributed by atoms with Gasteiger partial charge in [-0.2, -0.15) is 0 Å². The predicted octanol–water partition coefficient (Wildman–Crippen LogP) is 5.11. The average molecular weight is 445 g/mol. The second-order valence-electron chi connectivity index (χ2n) is 10.0. The lowest BCUT2D eigenvalue weighted by molar-refractivity contribution is -0.541. The average Bonchev–Trinajstić information content (AvgIpc) is 2.80. The number of carbonyl (C=O) groups excluding carboxylic acids is 1. The Morgan fingerprint density at radius 2 is 1.73 bits per heavy atom. The Hall–Kier alpha value is -0.400. The molecule has 5 fully saturated rings. The first-order valence-corrected chi connectivity index (χ1v) is 12.3. The van der Waals surface area contributed by atoms with Gasteiger partial charge in [0.05, 0.1) is 6.61 Å². The van der Waals surface area contributed by atoms with E-state index in [2.05, 4.69) is 6.92 Å². The standard InChI is InChI=1S/C23H37ClO6/c1-16-10-11-18-22(3,19(25)26-15-9-7-5-4-6-8-14-24)28-20-23(18)17(16)12-13-21(2,27-20)29-30-23/h16-18,20H,4-15H2,1-3H3/t16-,17+,18?,20-,21-,22+,23-/m1/s1. The van der Waals surface area contributed by atoms with Gasteiger partial charge in [-0.05, 0) is 57.8 Å². The summed E-state index contributed by atoms with van der Waals surface area (Å²) in [6.45, 7) is 6.43. The number of rotatable bonds is 9. The summed E-state index contributed by atoms with van der Waals surface area (Å²) in [5.41, 5.74) is -1.81. The van der Waals surface area contributed by atoms with Gasteiger partial charge in [-0.1, -0.05) is 32.6 Å². The first-order valence-electron chi connectivity index (χ1n) is 11.8. The van der Waals surface area contributed by atoms with Gasteiger partial charge in [0, 0.05) is 18.2 Å². The van der Waals surface area contributed by atoms with Gasteiger partial charge in [0.15, 0.2) is 17.5 Å². The first kappa shape index (κ1) is 22.8. The van der Waals surface area contributed by atoms with Crippen LogP contribution in [0, 0.1) is 17.8 Å². The van der Waals surface area contributed by atoms with Crippen molar-refractivity contribution in [2.45, 2.75) is 108 Å². The lowest BCUT2D eigenvalue weighted by atomic mass is 9.60. The van der Waals surface area contributed by atoms with Crippen LogP contribution in [0.15, 0.2) is 0 Å². The van der Waals surface area contributed by atoms with E-state index in [0.29, 0.717) is 12.5 Å². The van der Waals surface area contributed by atoms with Crippen LogP contribution < -0.4 is 0 Å². The second kappa shape index (κ2) is 8.86. The second-order valence-corrected chi connectivity index (χ2v) is 10.4. The van der Waals surface area contributed by atoms with Gasteiger partial charge < -0.3 is 14.2 Å². The molecule has 0 aromatic carbocycles. The molecule has 172 valence electrons. The van der Waals surface area contributed by atoms with Gasteiger partial charge in [-0.3, -0.25) is 0 Å². The van der Waals surface area contributed by atoms with Crippen molar-refractivity contribution in [2.24, 2.45) is 17.8 Å². The zero-order valence-electron chi connectivity index (χ0n) is 18.6. The summed E-state index contributed by atoms with van der Waals surface area (Å²) in [7, 11) is 0. The Kier molecular flexibility index (Phi) is 6.72. The van der Waals surface area contributed by atoms with Crippen LogP contribution in [0.4, 0.5) is 0 Å². The summed E-state index contributed by atoms with van der Waals surface area (Å²) in [4.78, 5) is 25.1. The normalized spacial score (nSPS) is 44.5. The molecule has 0 aromatic rings. The maximum Gasteiger partial charge on any atom is 0.338 e. The van der Waals surface area contributed by atoms with Crippen LogP contribution in [0.3, 0.4) is 0 Å². The number of fused-ring (bicyclic) bond motifs is 2. The van der Waals surface area contributed by atoms with E-state index in [9.17, 15) is 4.79 Å². The number of hydrogen-bond donors (Lipinski definition) is 0. The quantitative estimate of drug-likeness (QED) is 0.213. The van der Waals surface area contributed by atoms with Crippen LogP contribution in [0.1, 0.15) is 85.0 Å². The minimum absolute atomic E-state index is 0.137. The Morgan fingerprint density at radius 1 is 1.00 bits per heavy atom. The highest BCUT2D eigenvalue weighted by molar-refractivity contribution is 6.17. The topological polar surface area (TPSA) is 63.2 Å². The third-order valence-electron chi connectivity index (χ3n) is 7.90. The highest BCUT2D eigenvalue weighted by atomic mass is 35.5. The van der Waals surface area contributed by atoms with E-state index < -0.39 is 23.3 Å². The minimum Gasteiger partial charge on any atom is -0.464 e. The number of hydrogen-bond acceptors (Lipinski definition) is 6. The molecule has 4 heterocycles. The van der Waals surface area contributed by atoms with Crippen molar-refractivity contribution in [2.75, 3.05) is 12.5 Å². The molecule has 0 radical (unpaired) electrons. The lowest BCUT2D eigenvalue weighted by Crippen LogP contribution is -2.62. The fourth-order valence-corrected chi connectivity index (χ4v) is 6.30. The molecular formula is C23H37ClO6. The summed E-state index contributed by atoms with van der Waals surface area (Å²) in [6.07, 6.45) is 9.48. The summed E-state index contributed by atoms with van der Waals surface area (Å²) < 4.78 is 18.3. The number of ether oxygens (including phenoxy) is 3. The minimum atomic E-state index is -1.07. The highest BCUT2D eigenvalue weighted by Gasteiger charge is 2.76. The van der Waals surface area contributed by atoms with E-state index >= 15 is 0 Å². The molecule has 1 saturated carbocycles. The smallest absolute Gasteiger partial charge is 0.338 e. The van der Waals surface area contributed by atoms with Crippen molar-refractivity contribution in [1.82, 2.24) is 0 Å². The monoisotopic (exact) mass is 444 g/mol. The molecule has 0 aromatic heterocycles. The van der Waals surface area contributed by atoms with Gasteiger partial charge in [0.2, 0.25) is 5.79 Å². The van der Waals surface area contributed by atoms with Gasteiger partial charge in [0.25, 0.3) is 0 Å². The number of unbranched alkanes of at least 4 members (excludes halogenated alkanes) is 5. The molecule has 6 nitrogen and oxygen atoms in total. The zero-order chi connectivity index (χ0) is 21.4. The number of alkyl halides is 1. The maximum absolute atomic E-state index is 13.2.